The highest BCUT2D eigenvalue weighted by Gasteiger charge is 2.37. The Balaban J connectivity index is 1.55. The highest BCUT2D eigenvalue weighted by Crippen LogP contribution is 2.40. The van der Waals surface area contributed by atoms with Crippen molar-refractivity contribution < 1.29 is 4.74 Å². The second-order valence-electron chi connectivity index (χ2n) is 5.05. The lowest BCUT2D eigenvalue weighted by atomic mass is 9.74. The summed E-state index contributed by atoms with van der Waals surface area (Å²) in [5, 5.41) is 7.98. The molecule has 2 aliphatic rings. The number of anilines is 1. The second-order valence-corrected chi connectivity index (χ2v) is 5.46. The molecule has 1 fully saturated rings. The summed E-state index contributed by atoms with van der Waals surface area (Å²) in [4.78, 5) is 0. The number of hydrazone groups is 1. The number of methoxy groups -OCH3 is 1. The van der Waals surface area contributed by atoms with E-state index in [9.17, 15) is 0 Å². The van der Waals surface area contributed by atoms with Gasteiger partial charge < -0.3 is 10.1 Å². The fourth-order valence-electron chi connectivity index (χ4n) is 2.64. The monoisotopic (exact) mass is 287 g/mol. The van der Waals surface area contributed by atoms with E-state index >= 15 is 0 Å². The molecule has 5 heteroatoms. The summed E-state index contributed by atoms with van der Waals surface area (Å²) in [6.07, 6.45) is 6.75. The maximum Gasteiger partial charge on any atom is 0.191 e. The Bertz CT molecular complexity index is 582. The van der Waals surface area contributed by atoms with Gasteiger partial charge in [0.05, 0.1) is 7.11 Å². The van der Waals surface area contributed by atoms with Gasteiger partial charge in [-0.15, -0.1) is 0 Å². The van der Waals surface area contributed by atoms with E-state index in [1.54, 1.807) is 7.11 Å². The first-order chi connectivity index (χ1) is 9.76. The van der Waals surface area contributed by atoms with Gasteiger partial charge in [-0.1, -0.05) is 18.2 Å². The Morgan fingerprint density at radius 2 is 2.35 bits per heavy atom. The molecule has 2 aliphatic carbocycles. The number of fused-ring (bicyclic) bond motifs is 1. The summed E-state index contributed by atoms with van der Waals surface area (Å²) in [5.74, 6) is 2.10. The SMILES string of the molecule is COc1cccc(NC(=S)N/N=C2/C[C@@H]3CC=C[C@H]23)c1. The van der Waals surface area contributed by atoms with Gasteiger partial charge in [0.15, 0.2) is 5.11 Å². The predicted molar refractivity (Wildman–Crippen MR) is 85.1 cm³/mol. The topological polar surface area (TPSA) is 45.6 Å². The lowest BCUT2D eigenvalue weighted by Gasteiger charge is -2.31. The van der Waals surface area contributed by atoms with Gasteiger partial charge >= 0.3 is 0 Å². The van der Waals surface area contributed by atoms with E-state index in [-0.39, 0.29) is 0 Å². The van der Waals surface area contributed by atoms with Gasteiger partial charge in [-0.25, -0.2) is 0 Å². The van der Waals surface area contributed by atoms with Crippen molar-refractivity contribution >= 4 is 28.7 Å². The van der Waals surface area contributed by atoms with Crippen molar-refractivity contribution in [1.82, 2.24) is 5.43 Å². The van der Waals surface area contributed by atoms with Crippen LogP contribution in [0.15, 0.2) is 41.5 Å². The molecule has 1 saturated carbocycles. The summed E-state index contributed by atoms with van der Waals surface area (Å²) in [6.45, 7) is 0. The zero-order chi connectivity index (χ0) is 13.9. The van der Waals surface area contributed by atoms with E-state index < -0.39 is 0 Å². The molecule has 0 bridgehead atoms. The number of ether oxygens (including phenoxy) is 1. The van der Waals surface area contributed by atoms with E-state index in [0.29, 0.717) is 11.0 Å². The lowest BCUT2D eigenvalue weighted by molar-refractivity contribution is 0.415. The van der Waals surface area contributed by atoms with E-state index in [4.69, 9.17) is 17.0 Å². The molecule has 0 saturated heterocycles. The van der Waals surface area contributed by atoms with E-state index in [2.05, 4.69) is 28.0 Å². The second kappa shape index (κ2) is 5.63. The number of thiocarbonyl (C=S) groups is 1. The molecule has 1 aromatic carbocycles. The Hall–Kier alpha value is -1.88. The number of hydrogen-bond acceptors (Lipinski definition) is 3. The molecule has 0 heterocycles. The highest BCUT2D eigenvalue weighted by molar-refractivity contribution is 7.80. The van der Waals surface area contributed by atoms with Crippen LogP contribution in [0.5, 0.6) is 5.75 Å². The molecule has 0 aromatic heterocycles. The largest absolute Gasteiger partial charge is 0.497 e. The van der Waals surface area contributed by atoms with Crippen LogP contribution in [-0.2, 0) is 0 Å². The number of nitrogens with zero attached hydrogens (tertiary/aromatic N) is 1. The Kier molecular flexibility index (Phi) is 3.69. The predicted octanol–water partition coefficient (Wildman–Crippen LogP) is 2.93. The molecule has 4 nitrogen and oxygen atoms in total. The van der Waals surface area contributed by atoms with Gasteiger partial charge in [-0.2, -0.15) is 5.10 Å². The smallest absolute Gasteiger partial charge is 0.191 e. The van der Waals surface area contributed by atoms with Crippen molar-refractivity contribution in [3.63, 3.8) is 0 Å². The quantitative estimate of drug-likeness (QED) is 0.510. The molecule has 0 unspecified atom stereocenters. The highest BCUT2D eigenvalue weighted by atomic mass is 32.1. The van der Waals surface area contributed by atoms with Crippen LogP contribution < -0.4 is 15.5 Å². The van der Waals surface area contributed by atoms with E-state index in [1.807, 2.05) is 24.3 Å². The third-order valence-corrected chi connectivity index (χ3v) is 3.97. The average molecular weight is 287 g/mol. The normalized spacial score (nSPS) is 24.9. The Morgan fingerprint density at radius 3 is 3.15 bits per heavy atom. The number of benzene rings is 1. The van der Waals surface area contributed by atoms with Crippen molar-refractivity contribution in [3.8, 4) is 5.75 Å². The van der Waals surface area contributed by atoms with Gasteiger partial charge in [0, 0.05) is 23.4 Å². The lowest BCUT2D eigenvalue weighted by Crippen LogP contribution is -2.36. The van der Waals surface area contributed by atoms with Gasteiger partial charge in [0.25, 0.3) is 0 Å². The fourth-order valence-corrected chi connectivity index (χ4v) is 2.81. The number of hydrogen-bond donors (Lipinski definition) is 2. The molecule has 0 aliphatic heterocycles. The third-order valence-electron chi connectivity index (χ3n) is 3.77. The number of allylic oxidation sites excluding steroid dienone is 2. The van der Waals surface area contributed by atoms with Crippen LogP contribution in [0.3, 0.4) is 0 Å². The van der Waals surface area contributed by atoms with E-state index in [1.165, 1.54) is 12.1 Å². The van der Waals surface area contributed by atoms with Crippen molar-refractivity contribution in [2.75, 3.05) is 12.4 Å². The van der Waals surface area contributed by atoms with Gasteiger partial charge in [-0.05, 0) is 43.1 Å². The summed E-state index contributed by atoms with van der Waals surface area (Å²) in [7, 11) is 1.64. The minimum absolute atomic E-state index is 0.496. The zero-order valence-corrected chi connectivity index (χ0v) is 12.1. The van der Waals surface area contributed by atoms with Crippen molar-refractivity contribution in [1.29, 1.82) is 0 Å². The first-order valence-corrected chi connectivity index (χ1v) is 7.11. The first-order valence-electron chi connectivity index (χ1n) is 6.70. The maximum atomic E-state index is 5.24. The van der Waals surface area contributed by atoms with Crippen LogP contribution in [0, 0.1) is 11.8 Å². The molecule has 2 atom stereocenters. The Morgan fingerprint density at radius 1 is 1.45 bits per heavy atom. The minimum Gasteiger partial charge on any atom is -0.497 e. The van der Waals surface area contributed by atoms with Crippen LogP contribution in [0.25, 0.3) is 0 Å². The molecule has 0 amide bonds. The van der Waals surface area contributed by atoms with Crippen LogP contribution in [-0.4, -0.2) is 17.9 Å². The fraction of sp³-hybridized carbons (Fsp3) is 0.333. The van der Waals surface area contributed by atoms with Crippen LogP contribution in [0.2, 0.25) is 0 Å². The number of nitrogens with one attached hydrogen (secondary N) is 2. The molecule has 2 N–H and O–H groups in total. The van der Waals surface area contributed by atoms with E-state index in [0.717, 1.165) is 23.8 Å². The third kappa shape index (κ3) is 2.67. The van der Waals surface area contributed by atoms with Gasteiger partial charge in [0.1, 0.15) is 5.75 Å². The molecule has 1 aromatic rings. The summed E-state index contributed by atoms with van der Waals surface area (Å²) >= 11 is 5.24. The van der Waals surface area contributed by atoms with Gasteiger partial charge in [0.2, 0.25) is 0 Å². The molecule has 0 spiro atoms. The zero-order valence-electron chi connectivity index (χ0n) is 11.3. The number of rotatable bonds is 3. The molecule has 3 rings (SSSR count). The minimum atomic E-state index is 0.496. The van der Waals surface area contributed by atoms with Crippen molar-refractivity contribution in [2.45, 2.75) is 12.8 Å². The maximum absolute atomic E-state index is 5.24. The summed E-state index contributed by atoms with van der Waals surface area (Å²) in [6, 6.07) is 7.63. The molecular formula is C15H17N3OS. The average Bonchev–Trinajstić information content (AvgIpc) is 2.81. The van der Waals surface area contributed by atoms with Crippen LogP contribution >= 0.6 is 12.2 Å². The molecule has 104 valence electrons. The summed E-state index contributed by atoms with van der Waals surface area (Å²) in [5.41, 5.74) is 4.99. The Labute approximate surface area is 123 Å². The first kappa shape index (κ1) is 13.1. The van der Waals surface area contributed by atoms with Crippen molar-refractivity contribution in [3.05, 3.63) is 36.4 Å². The van der Waals surface area contributed by atoms with Crippen LogP contribution in [0.1, 0.15) is 12.8 Å². The van der Waals surface area contributed by atoms with Crippen molar-refractivity contribution in [2.24, 2.45) is 16.9 Å². The molecule has 20 heavy (non-hydrogen) atoms. The standard InChI is InChI=1S/C15H17N3OS/c1-19-12-6-3-5-11(9-12)16-15(20)18-17-14-8-10-4-2-7-13(10)14/h2-3,5-7,9-10,13H,4,8H2,1H3,(H2,16,18,20)/b17-14-/t10-,13-/m0/s1. The van der Waals surface area contributed by atoms with Crippen LogP contribution in [0.4, 0.5) is 5.69 Å². The summed E-state index contributed by atoms with van der Waals surface area (Å²) < 4.78 is 5.17. The van der Waals surface area contributed by atoms with Gasteiger partial charge in [-0.3, -0.25) is 5.43 Å². The molecule has 0 radical (unpaired) electrons. The molecular weight excluding hydrogens is 270 g/mol.